The Morgan fingerprint density at radius 3 is 2.29 bits per heavy atom. The predicted molar refractivity (Wildman–Crippen MR) is 124 cm³/mol. The van der Waals surface area contributed by atoms with Gasteiger partial charge < -0.3 is 25.2 Å². The maximum absolute atomic E-state index is 12.4. The van der Waals surface area contributed by atoms with E-state index >= 15 is 0 Å². The minimum Gasteiger partial charge on any atom is -0.373 e. The second-order valence-corrected chi connectivity index (χ2v) is 9.42. The number of rotatable bonds is 10. The van der Waals surface area contributed by atoms with Gasteiger partial charge in [0.1, 0.15) is 0 Å². The van der Waals surface area contributed by atoms with Crippen molar-refractivity contribution in [2.24, 2.45) is 10.9 Å². The minimum absolute atomic E-state index is 0.0921. The van der Waals surface area contributed by atoms with Crippen LogP contribution < -0.4 is 10.6 Å². The van der Waals surface area contributed by atoms with Gasteiger partial charge in [-0.2, -0.15) is 0 Å². The molecule has 2 heterocycles. The third kappa shape index (κ3) is 9.05. The van der Waals surface area contributed by atoms with Crippen molar-refractivity contribution in [3.05, 3.63) is 0 Å². The van der Waals surface area contributed by atoms with Gasteiger partial charge in [0.05, 0.1) is 5.60 Å². The van der Waals surface area contributed by atoms with Gasteiger partial charge in [-0.1, -0.05) is 20.3 Å². The fourth-order valence-corrected chi connectivity index (χ4v) is 4.09. The third-order valence-electron chi connectivity index (χ3n) is 6.08. The maximum Gasteiger partial charge on any atom is 0.222 e. The molecule has 0 aromatic heterocycles. The summed E-state index contributed by atoms with van der Waals surface area (Å²) in [6, 6.07) is 0. The largest absolute Gasteiger partial charge is 0.373 e. The molecule has 0 aromatic carbocycles. The summed E-state index contributed by atoms with van der Waals surface area (Å²) in [5.41, 5.74) is -0.0921. The van der Waals surface area contributed by atoms with Crippen LogP contribution in [0.5, 0.6) is 0 Å². The Balaban J connectivity index is 1.52. The molecule has 0 spiro atoms. The van der Waals surface area contributed by atoms with Gasteiger partial charge in [0.15, 0.2) is 5.96 Å². The van der Waals surface area contributed by atoms with Gasteiger partial charge in [-0.25, -0.2) is 0 Å². The molecule has 0 aromatic rings. The molecule has 2 fully saturated rings. The van der Waals surface area contributed by atoms with E-state index in [2.05, 4.69) is 36.4 Å². The molecule has 0 radical (unpaired) electrons. The van der Waals surface area contributed by atoms with E-state index in [4.69, 9.17) is 4.74 Å². The highest BCUT2D eigenvalue weighted by molar-refractivity contribution is 5.79. The SMILES string of the molecule is CN=C(NCCCCCC(=O)N1CCN(C(=O)CC(C)C)CC1)NCC1(C)CCCO1. The van der Waals surface area contributed by atoms with Crippen LogP contribution in [-0.4, -0.2) is 86.1 Å². The molecule has 0 bridgehead atoms. The lowest BCUT2D eigenvalue weighted by atomic mass is 10.0. The summed E-state index contributed by atoms with van der Waals surface area (Å²) < 4.78 is 5.80. The van der Waals surface area contributed by atoms with Crippen LogP contribution in [0.15, 0.2) is 4.99 Å². The number of carbonyl (C=O) groups is 2. The van der Waals surface area contributed by atoms with Crippen molar-refractivity contribution in [1.82, 2.24) is 20.4 Å². The molecule has 0 saturated carbocycles. The third-order valence-corrected chi connectivity index (χ3v) is 6.08. The number of guanidine groups is 1. The van der Waals surface area contributed by atoms with Gasteiger partial charge in [-0.05, 0) is 38.5 Å². The summed E-state index contributed by atoms with van der Waals surface area (Å²) in [7, 11) is 1.78. The summed E-state index contributed by atoms with van der Waals surface area (Å²) in [6.45, 7) is 11.4. The Hall–Kier alpha value is -1.83. The van der Waals surface area contributed by atoms with Crippen molar-refractivity contribution in [2.75, 3.05) is 52.9 Å². The first kappa shape index (κ1) is 25.4. The van der Waals surface area contributed by atoms with E-state index in [0.717, 1.165) is 57.8 Å². The molecule has 2 N–H and O–H groups in total. The Bertz CT molecular complexity index is 594. The number of nitrogens with zero attached hydrogens (tertiary/aromatic N) is 3. The fraction of sp³-hybridized carbons (Fsp3) is 0.870. The molecular formula is C23H43N5O3. The summed E-state index contributed by atoms with van der Waals surface area (Å²) in [4.78, 5) is 32.7. The average molecular weight is 438 g/mol. The molecule has 2 saturated heterocycles. The van der Waals surface area contributed by atoms with Gasteiger partial charge in [0.25, 0.3) is 0 Å². The average Bonchev–Trinajstić information content (AvgIpc) is 3.18. The number of ether oxygens (including phenoxy) is 1. The van der Waals surface area contributed by atoms with Crippen molar-refractivity contribution in [3.63, 3.8) is 0 Å². The van der Waals surface area contributed by atoms with E-state index in [0.29, 0.717) is 44.9 Å². The van der Waals surface area contributed by atoms with Gasteiger partial charge in [-0.15, -0.1) is 0 Å². The number of hydrogen-bond acceptors (Lipinski definition) is 4. The van der Waals surface area contributed by atoms with Crippen LogP contribution in [0, 0.1) is 5.92 Å². The van der Waals surface area contributed by atoms with E-state index in [1.807, 2.05) is 9.80 Å². The van der Waals surface area contributed by atoms with Gasteiger partial charge >= 0.3 is 0 Å². The maximum atomic E-state index is 12.4. The summed E-state index contributed by atoms with van der Waals surface area (Å²) >= 11 is 0. The van der Waals surface area contributed by atoms with Crippen molar-refractivity contribution in [2.45, 2.75) is 71.3 Å². The van der Waals surface area contributed by atoms with E-state index in [9.17, 15) is 9.59 Å². The van der Waals surface area contributed by atoms with Crippen molar-refractivity contribution in [3.8, 4) is 0 Å². The zero-order chi connectivity index (χ0) is 22.7. The summed E-state index contributed by atoms with van der Waals surface area (Å²) in [5, 5.41) is 6.69. The lowest BCUT2D eigenvalue weighted by Gasteiger charge is -2.35. The Morgan fingerprint density at radius 1 is 1.03 bits per heavy atom. The molecular weight excluding hydrogens is 394 g/mol. The van der Waals surface area contributed by atoms with Crippen LogP contribution >= 0.6 is 0 Å². The van der Waals surface area contributed by atoms with Crippen LogP contribution in [0.3, 0.4) is 0 Å². The zero-order valence-corrected chi connectivity index (χ0v) is 20.0. The van der Waals surface area contributed by atoms with E-state index in [1.54, 1.807) is 7.05 Å². The molecule has 1 atom stereocenters. The zero-order valence-electron chi connectivity index (χ0n) is 20.0. The highest BCUT2D eigenvalue weighted by Gasteiger charge is 2.29. The Morgan fingerprint density at radius 2 is 1.71 bits per heavy atom. The Labute approximate surface area is 188 Å². The van der Waals surface area contributed by atoms with E-state index < -0.39 is 0 Å². The summed E-state index contributed by atoms with van der Waals surface area (Å²) in [5.74, 6) is 1.61. The molecule has 31 heavy (non-hydrogen) atoms. The molecule has 2 rings (SSSR count). The molecule has 2 aliphatic heterocycles. The topological polar surface area (TPSA) is 86.3 Å². The second kappa shape index (κ2) is 12.9. The highest BCUT2D eigenvalue weighted by atomic mass is 16.5. The van der Waals surface area contributed by atoms with Crippen molar-refractivity contribution in [1.29, 1.82) is 0 Å². The lowest BCUT2D eigenvalue weighted by Crippen LogP contribution is -2.50. The van der Waals surface area contributed by atoms with Crippen LogP contribution in [0.25, 0.3) is 0 Å². The van der Waals surface area contributed by atoms with Gasteiger partial charge in [0, 0.05) is 65.8 Å². The second-order valence-electron chi connectivity index (χ2n) is 9.42. The summed E-state index contributed by atoms with van der Waals surface area (Å²) in [6.07, 6.45) is 6.27. The number of aliphatic imine (C=N–C) groups is 1. The molecule has 2 aliphatic rings. The first-order valence-corrected chi connectivity index (χ1v) is 12.0. The van der Waals surface area contributed by atoms with E-state index in [-0.39, 0.29) is 17.4 Å². The molecule has 2 amide bonds. The number of amides is 2. The number of nitrogens with one attached hydrogen (secondary N) is 2. The highest BCUT2D eigenvalue weighted by Crippen LogP contribution is 2.23. The number of carbonyl (C=O) groups excluding carboxylic acids is 2. The Kier molecular flexibility index (Phi) is 10.6. The molecule has 8 nitrogen and oxygen atoms in total. The van der Waals surface area contributed by atoms with Crippen LogP contribution in [0.2, 0.25) is 0 Å². The standard InChI is InChI=1S/C23H43N5O3/c1-19(2)17-21(30)28-14-12-27(13-15-28)20(29)9-6-5-7-11-25-22(24-4)26-18-23(3)10-8-16-31-23/h19H,5-18H2,1-4H3,(H2,24,25,26). The molecule has 0 aliphatic carbocycles. The van der Waals surface area contributed by atoms with Crippen LogP contribution in [0.1, 0.15) is 65.7 Å². The normalized spacial score (nSPS) is 22.2. The smallest absolute Gasteiger partial charge is 0.222 e. The van der Waals surface area contributed by atoms with Crippen LogP contribution in [0.4, 0.5) is 0 Å². The molecule has 178 valence electrons. The van der Waals surface area contributed by atoms with Crippen molar-refractivity contribution < 1.29 is 14.3 Å². The van der Waals surface area contributed by atoms with Crippen LogP contribution in [-0.2, 0) is 14.3 Å². The fourth-order valence-electron chi connectivity index (χ4n) is 4.09. The molecule has 8 heteroatoms. The number of unbranched alkanes of at least 4 members (excludes halogenated alkanes) is 2. The molecule has 1 unspecified atom stereocenters. The number of piperazine rings is 1. The number of hydrogen-bond donors (Lipinski definition) is 2. The first-order valence-electron chi connectivity index (χ1n) is 12.0. The predicted octanol–water partition coefficient (Wildman–Crippen LogP) is 2.00. The lowest BCUT2D eigenvalue weighted by molar-refractivity contribution is -0.140. The first-order chi connectivity index (χ1) is 14.8. The quantitative estimate of drug-likeness (QED) is 0.310. The monoisotopic (exact) mass is 437 g/mol. The van der Waals surface area contributed by atoms with Gasteiger partial charge in [-0.3, -0.25) is 14.6 Å². The van der Waals surface area contributed by atoms with Crippen molar-refractivity contribution >= 4 is 17.8 Å². The van der Waals surface area contributed by atoms with E-state index in [1.165, 1.54) is 0 Å². The van der Waals surface area contributed by atoms with Gasteiger partial charge in [0.2, 0.25) is 11.8 Å². The minimum atomic E-state index is -0.0921.